The van der Waals surface area contributed by atoms with Crippen LogP contribution in [0.4, 0.5) is 0 Å². The van der Waals surface area contributed by atoms with E-state index in [1.165, 1.54) is 0 Å². The smallest absolute Gasteiger partial charge is 0.248 e. The number of benzene rings is 2. The largest absolute Gasteiger partial charge is 0.491 e. The molecule has 0 aliphatic carbocycles. The van der Waals surface area contributed by atoms with Crippen molar-refractivity contribution in [2.24, 2.45) is 12.8 Å². The Balaban J connectivity index is 1.43. The van der Waals surface area contributed by atoms with Crippen molar-refractivity contribution in [3.8, 4) is 17.2 Å². The van der Waals surface area contributed by atoms with E-state index < -0.39 is 5.91 Å². The van der Waals surface area contributed by atoms with Crippen LogP contribution >= 0.6 is 11.6 Å². The van der Waals surface area contributed by atoms with Gasteiger partial charge in [0.25, 0.3) is 0 Å². The molecule has 4 rings (SSSR count). The van der Waals surface area contributed by atoms with Crippen molar-refractivity contribution in [2.45, 2.75) is 18.9 Å². The van der Waals surface area contributed by atoms with Crippen molar-refractivity contribution in [1.29, 1.82) is 0 Å². The van der Waals surface area contributed by atoms with Gasteiger partial charge in [0, 0.05) is 37.3 Å². The molecule has 9 heteroatoms. The molecule has 1 aliphatic heterocycles. The van der Waals surface area contributed by atoms with E-state index in [9.17, 15) is 4.79 Å². The summed E-state index contributed by atoms with van der Waals surface area (Å²) in [5, 5.41) is 5.35. The Hall–Kier alpha value is -2.81. The summed E-state index contributed by atoms with van der Waals surface area (Å²) in [6.45, 7) is 2.41. The maximum Gasteiger partial charge on any atom is 0.248 e. The molecule has 31 heavy (non-hydrogen) atoms. The molecule has 0 unspecified atom stereocenters. The highest BCUT2D eigenvalue weighted by atomic mass is 35.5. The summed E-state index contributed by atoms with van der Waals surface area (Å²) in [4.78, 5) is 11.7. The summed E-state index contributed by atoms with van der Waals surface area (Å²) in [5.41, 5.74) is 6.51. The molecule has 164 valence electrons. The molecule has 8 nitrogen and oxygen atoms in total. The molecule has 1 amide bonds. The third-order valence-electron chi connectivity index (χ3n) is 5.08. The molecule has 2 N–H and O–H groups in total. The monoisotopic (exact) mass is 445 g/mol. The van der Waals surface area contributed by atoms with Crippen molar-refractivity contribution in [2.75, 3.05) is 26.4 Å². The van der Waals surface area contributed by atoms with Gasteiger partial charge in [-0.25, -0.2) is 0 Å². The van der Waals surface area contributed by atoms with Crippen molar-refractivity contribution < 1.29 is 23.7 Å². The summed E-state index contributed by atoms with van der Waals surface area (Å²) in [5.74, 6) is 0.932. The van der Waals surface area contributed by atoms with Gasteiger partial charge in [-0.05, 0) is 37.1 Å². The van der Waals surface area contributed by atoms with Crippen LogP contribution in [0, 0.1) is 0 Å². The fourth-order valence-electron chi connectivity index (χ4n) is 3.49. The zero-order valence-corrected chi connectivity index (χ0v) is 17.9. The number of halogens is 1. The molecular formula is C22H24ClN3O5. The molecule has 0 saturated carbocycles. The van der Waals surface area contributed by atoms with Gasteiger partial charge in [0.1, 0.15) is 23.6 Å². The van der Waals surface area contributed by atoms with Crippen LogP contribution in [-0.4, -0.2) is 48.2 Å². The standard InChI is InChI=1S/C22H24ClN3O5/c1-26-21-15(13-25-26)10-14(22(24)27)11-20(21)31-19-3-2-17(12-18(19)23)30-9-8-29-16-4-6-28-7-5-16/h2-3,10-13,16H,4-9H2,1H3,(H2,24,27). The summed E-state index contributed by atoms with van der Waals surface area (Å²) in [6, 6.07) is 8.44. The maximum atomic E-state index is 11.7. The Morgan fingerprint density at radius 2 is 2.03 bits per heavy atom. The van der Waals surface area contributed by atoms with Gasteiger partial charge in [0.05, 0.1) is 23.9 Å². The minimum atomic E-state index is -0.548. The average Bonchev–Trinajstić information content (AvgIpc) is 3.15. The van der Waals surface area contributed by atoms with Crippen LogP contribution in [0.15, 0.2) is 36.5 Å². The maximum absolute atomic E-state index is 11.7. The predicted octanol–water partition coefficient (Wildman–Crippen LogP) is 3.69. The number of nitrogens with zero attached hydrogens (tertiary/aromatic N) is 2. The van der Waals surface area contributed by atoms with Gasteiger partial charge in [-0.1, -0.05) is 11.6 Å². The number of aryl methyl sites for hydroxylation is 1. The molecule has 2 heterocycles. The van der Waals surface area contributed by atoms with E-state index >= 15 is 0 Å². The molecule has 1 aromatic heterocycles. The summed E-state index contributed by atoms with van der Waals surface area (Å²) >= 11 is 6.42. The Bertz CT molecular complexity index is 1080. The number of nitrogens with two attached hydrogens (primary N) is 1. The van der Waals surface area contributed by atoms with Gasteiger partial charge in [-0.3, -0.25) is 9.48 Å². The van der Waals surface area contributed by atoms with E-state index in [1.807, 2.05) is 0 Å². The second-order valence-electron chi connectivity index (χ2n) is 7.27. The number of rotatable bonds is 8. The normalized spacial score (nSPS) is 14.6. The van der Waals surface area contributed by atoms with Gasteiger partial charge >= 0.3 is 0 Å². The zero-order chi connectivity index (χ0) is 21.8. The molecule has 2 aromatic carbocycles. The first-order valence-corrected chi connectivity index (χ1v) is 10.4. The van der Waals surface area contributed by atoms with Crippen molar-refractivity contribution in [3.05, 3.63) is 47.1 Å². The van der Waals surface area contributed by atoms with Crippen LogP contribution in [0.5, 0.6) is 17.2 Å². The number of fused-ring (bicyclic) bond motifs is 1. The number of amides is 1. The minimum absolute atomic E-state index is 0.233. The number of hydrogen-bond acceptors (Lipinski definition) is 6. The second-order valence-corrected chi connectivity index (χ2v) is 7.68. The van der Waals surface area contributed by atoms with Crippen LogP contribution in [0.25, 0.3) is 10.9 Å². The van der Waals surface area contributed by atoms with Crippen LogP contribution < -0.4 is 15.2 Å². The molecular weight excluding hydrogens is 422 g/mol. The summed E-state index contributed by atoms with van der Waals surface area (Å²) < 4.78 is 24.5. The third-order valence-corrected chi connectivity index (χ3v) is 5.38. The first-order valence-electron chi connectivity index (χ1n) is 10.1. The van der Waals surface area contributed by atoms with Crippen LogP contribution in [0.3, 0.4) is 0 Å². The Labute approximate surface area is 184 Å². The lowest BCUT2D eigenvalue weighted by Gasteiger charge is -2.22. The molecule has 3 aromatic rings. The quantitative estimate of drug-likeness (QED) is 0.531. The number of aromatic nitrogens is 2. The number of carbonyl (C=O) groups is 1. The van der Waals surface area contributed by atoms with Crippen molar-refractivity contribution >= 4 is 28.4 Å². The highest BCUT2D eigenvalue weighted by Gasteiger charge is 2.16. The molecule has 1 fully saturated rings. The van der Waals surface area contributed by atoms with Crippen molar-refractivity contribution in [1.82, 2.24) is 9.78 Å². The number of hydrogen-bond donors (Lipinski definition) is 1. The minimum Gasteiger partial charge on any atom is -0.491 e. The highest BCUT2D eigenvalue weighted by Crippen LogP contribution is 2.36. The van der Waals surface area contributed by atoms with Gasteiger partial charge < -0.3 is 24.7 Å². The fraction of sp³-hybridized carbons (Fsp3) is 0.364. The molecule has 1 saturated heterocycles. The predicted molar refractivity (Wildman–Crippen MR) is 116 cm³/mol. The van der Waals surface area contributed by atoms with E-state index in [0.717, 1.165) is 37.0 Å². The van der Waals surface area contributed by atoms with E-state index in [4.69, 9.17) is 36.3 Å². The number of primary amides is 1. The Kier molecular flexibility index (Phi) is 6.60. The molecule has 0 bridgehead atoms. The van der Waals surface area contributed by atoms with E-state index in [1.54, 1.807) is 48.3 Å². The first kappa shape index (κ1) is 21.4. The summed E-state index contributed by atoms with van der Waals surface area (Å²) in [7, 11) is 1.79. The van der Waals surface area contributed by atoms with E-state index in [0.29, 0.717) is 41.0 Å². The zero-order valence-electron chi connectivity index (χ0n) is 17.2. The highest BCUT2D eigenvalue weighted by molar-refractivity contribution is 6.32. The van der Waals surface area contributed by atoms with Crippen molar-refractivity contribution in [3.63, 3.8) is 0 Å². The Morgan fingerprint density at radius 3 is 2.77 bits per heavy atom. The topological polar surface area (TPSA) is 97.8 Å². The van der Waals surface area contributed by atoms with Gasteiger partial charge in [-0.2, -0.15) is 5.10 Å². The fourth-order valence-corrected chi connectivity index (χ4v) is 3.70. The van der Waals surface area contributed by atoms with Gasteiger partial charge in [0.2, 0.25) is 5.91 Å². The molecule has 0 atom stereocenters. The van der Waals surface area contributed by atoms with E-state index in [2.05, 4.69) is 5.10 Å². The second kappa shape index (κ2) is 9.55. The van der Waals surface area contributed by atoms with Crippen LogP contribution in [0.2, 0.25) is 5.02 Å². The van der Waals surface area contributed by atoms with E-state index in [-0.39, 0.29) is 6.10 Å². The molecule has 1 aliphatic rings. The van der Waals surface area contributed by atoms with Crippen LogP contribution in [-0.2, 0) is 16.5 Å². The number of ether oxygens (including phenoxy) is 4. The average molecular weight is 446 g/mol. The lowest BCUT2D eigenvalue weighted by molar-refractivity contribution is -0.0388. The Morgan fingerprint density at radius 1 is 1.23 bits per heavy atom. The summed E-state index contributed by atoms with van der Waals surface area (Å²) in [6.07, 6.45) is 3.71. The molecule has 0 radical (unpaired) electrons. The lowest BCUT2D eigenvalue weighted by atomic mass is 10.1. The lowest BCUT2D eigenvalue weighted by Crippen LogP contribution is -2.25. The molecule has 0 spiro atoms. The first-order chi connectivity index (χ1) is 15.0. The third kappa shape index (κ3) is 5.10. The SMILES string of the molecule is Cn1ncc2cc(C(N)=O)cc(Oc3ccc(OCCOC4CCOCC4)cc3Cl)c21. The number of carbonyl (C=O) groups excluding carboxylic acids is 1. The van der Waals surface area contributed by atoms with Crippen LogP contribution in [0.1, 0.15) is 23.2 Å². The van der Waals surface area contributed by atoms with Gasteiger partial charge in [0.15, 0.2) is 5.75 Å². The van der Waals surface area contributed by atoms with Gasteiger partial charge in [-0.15, -0.1) is 0 Å².